The lowest BCUT2D eigenvalue weighted by Crippen LogP contribution is -2.36. The maximum atomic E-state index is 11.7. The Kier molecular flexibility index (Phi) is 7.10. The zero-order valence-electron chi connectivity index (χ0n) is 17.6. The van der Waals surface area contributed by atoms with Crippen molar-refractivity contribution in [2.75, 3.05) is 31.2 Å². The van der Waals surface area contributed by atoms with Gasteiger partial charge in [-0.3, -0.25) is 4.79 Å². The van der Waals surface area contributed by atoms with E-state index >= 15 is 0 Å². The van der Waals surface area contributed by atoms with Crippen LogP contribution in [0.15, 0.2) is 54.7 Å². The summed E-state index contributed by atoms with van der Waals surface area (Å²) in [6.07, 6.45) is 2.42. The standard InChI is InChI=1S/C25H23ClN4O2/c26-23-17-20(4-3-19(23)16-22(31)7-9-27)24-8-10-28-25(29-24)15-18-1-5-21(6-2-18)30-11-13-32-14-12-30/h1-6,8,10,17H,7,11-16H2. The highest BCUT2D eigenvalue weighted by molar-refractivity contribution is 6.31. The van der Waals surface area contributed by atoms with Crippen molar-refractivity contribution >= 4 is 23.1 Å². The number of nitrogens with zero attached hydrogens (tertiary/aromatic N) is 4. The summed E-state index contributed by atoms with van der Waals surface area (Å²) in [5.41, 5.74) is 4.69. The Morgan fingerprint density at radius 1 is 1.12 bits per heavy atom. The van der Waals surface area contributed by atoms with Gasteiger partial charge < -0.3 is 9.64 Å². The summed E-state index contributed by atoms with van der Waals surface area (Å²) in [6, 6.07) is 17.7. The van der Waals surface area contributed by atoms with Gasteiger partial charge in [-0.25, -0.2) is 9.97 Å². The van der Waals surface area contributed by atoms with E-state index < -0.39 is 0 Å². The van der Waals surface area contributed by atoms with Crippen molar-refractivity contribution in [1.82, 2.24) is 9.97 Å². The van der Waals surface area contributed by atoms with Gasteiger partial charge in [-0.2, -0.15) is 5.26 Å². The van der Waals surface area contributed by atoms with E-state index in [1.54, 1.807) is 12.3 Å². The molecule has 2 aromatic carbocycles. The van der Waals surface area contributed by atoms with Crippen molar-refractivity contribution in [2.45, 2.75) is 19.3 Å². The van der Waals surface area contributed by atoms with Crippen LogP contribution in [0.5, 0.6) is 0 Å². The highest BCUT2D eigenvalue weighted by Gasteiger charge is 2.12. The van der Waals surface area contributed by atoms with Crippen LogP contribution in [-0.4, -0.2) is 42.1 Å². The number of ether oxygens (including phenoxy) is 1. The van der Waals surface area contributed by atoms with Crippen LogP contribution in [0.3, 0.4) is 0 Å². The Labute approximate surface area is 192 Å². The van der Waals surface area contributed by atoms with E-state index in [9.17, 15) is 4.79 Å². The summed E-state index contributed by atoms with van der Waals surface area (Å²) < 4.78 is 5.42. The van der Waals surface area contributed by atoms with Gasteiger partial charge in [0.05, 0.1) is 31.4 Å². The van der Waals surface area contributed by atoms with E-state index in [0.717, 1.165) is 48.9 Å². The number of Topliss-reactive ketones (excluding diaryl/α,β-unsaturated/α-hetero) is 1. The SMILES string of the molecule is N#CCC(=O)Cc1ccc(-c2ccnc(Cc3ccc(N4CCOCC4)cc3)n2)cc1Cl. The van der Waals surface area contributed by atoms with Gasteiger partial charge in [0.15, 0.2) is 5.78 Å². The molecule has 6 nitrogen and oxygen atoms in total. The van der Waals surface area contributed by atoms with E-state index in [1.807, 2.05) is 24.3 Å². The second kappa shape index (κ2) is 10.4. The molecule has 162 valence electrons. The van der Waals surface area contributed by atoms with Crippen LogP contribution in [0.2, 0.25) is 5.02 Å². The highest BCUT2D eigenvalue weighted by Crippen LogP contribution is 2.25. The van der Waals surface area contributed by atoms with Crippen LogP contribution in [-0.2, 0) is 22.4 Å². The van der Waals surface area contributed by atoms with Gasteiger partial charge in [0.2, 0.25) is 0 Å². The molecular formula is C25H23ClN4O2. The Morgan fingerprint density at radius 2 is 1.91 bits per heavy atom. The molecular weight excluding hydrogens is 424 g/mol. The zero-order chi connectivity index (χ0) is 22.3. The molecule has 0 aliphatic carbocycles. The van der Waals surface area contributed by atoms with E-state index in [4.69, 9.17) is 26.6 Å². The van der Waals surface area contributed by atoms with Crippen molar-refractivity contribution in [2.24, 2.45) is 0 Å². The van der Waals surface area contributed by atoms with E-state index in [-0.39, 0.29) is 18.6 Å². The number of hydrogen-bond donors (Lipinski definition) is 0. The number of rotatable bonds is 7. The summed E-state index contributed by atoms with van der Waals surface area (Å²) in [5, 5.41) is 9.15. The maximum absolute atomic E-state index is 11.7. The molecule has 0 unspecified atom stereocenters. The molecule has 7 heteroatoms. The fraction of sp³-hybridized carbons (Fsp3) is 0.280. The number of morpholine rings is 1. The average molecular weight is 447 g/mol. The molecule has 4 rings (SSSR count). The highest BCUT2D eigenvalue weighted by atomic mass is 35.5. The summed E-state index contributed by atoms with van der Waals surface area (Å²) >= 11 is 6.38. The average Bonchev–Trinajstić information content (AvgIpc) is 2.82. The number of benzene rings is 2. The fourth-order valence-corrected chi connectivity index (χ4v) is 3.93. The summed E-state index contributed by atoms with van der Waals surface area (Å²) in [4.78, 5) is 23.2. The topological polar surface area (TPSA) is 79.1 Å². The minimum absolute atomic E-state index is 0.110. The molecule has 0 spiro atoms. The molecule has 0 radical (unpaired) electrons. The molecule has 0 saturated carbocycles. The summed E-state index contributed by atoms with van der Waals surface area (Å²) in [7, 11) is 0. The second-order valence-corrected chi connectivity index (χ2v) is 8.06. The molecule has 32 heavy (non-hydrogen) atoms. The number of halogens is 1. The van der Waals surface area contributed by atoms with Crippen LogP contribution in [0, 0.1) is 11.3 Å². The largest absolute Gasteiger partial charge is 0.378 e. The number of nitriles is 1. The number of ketones is 1. The lowest BCUT2D eigenvalue weighted by Gasteiger charge is -2.28. The maximum Gasteiger partial charge on any atom is 0.151 e. The van der Waals surface area contributed by atoms with Gasteiger partial charge in [-0.15, -0.1) is 0 Å². The molecule has 1 aliphatic heterocycles. The molecule has 0 atom stereocenters. The number of carbonyl (C=O) groups is 1. The first kappa shape index (κ1) is 21.9. The first-order chi connectivity index (χ1) is 15.6. The first-order valence-corrected chi connectivity index (χ1v) is 10.9. The fourth-order valence-electron chi connectivity index (χ4n) is 3.69. The molecule has 3 aromatic rings. The summed E-state index contributed by atoms with van der Waals surface area (Å²) in [6.45, 7) is 3.36. The normalized spacial score (nSPS) is 13.6. The molecule has 0 bridgehead atoms. The first-order valence-electron chi connectivity index (χ1n) is 10.5. The van der Waals surface area contributed by atoms with E-state index in [0.29, 0.717) is 17.0 Å². The molecule has 0 amide bonds. The van der Waals surface area contributed by atoms with Crippen molar-refractivity contribution < 1.29 is 9.53 Å². The van der Waals surface area contributed by atoms with Crippen LogP contribution in [0.1, 0.15) is 23.4 Å². The Hall–Kier alpha value is -3.27. The third-order valence-corrected chi connectivity index (χ3v) is 5.74. The molecule has 0 N–H and O–H groups in total. The van der Waals surface area contributed by atoms with E-state index in [2.05, 4.69) is 34.1 Å². The minimum Gasteiger partial charge on any atom is -0.378 e. The third kappa shape index (κ3) is 5.50. The third-order valence-electron chi connectivity index (χ3n) is 5.39. The van der Waals surface area contributed by atoms with Gasteiger partial charge in [0.1, 0.15) is 5.82 Å². The van der Waals surface area contributed by atoms with E-state index in [1.165, 1.54) is 5.69 Å². The van der Waals surface area contributed by atoms with Gasteiger partial charge >= 0.3 is 0 Å². The number of aromatic nitrogens is 2. The van der Waals surface area contributed by atoms with Crippen LogP contribution in [0.25, 0.3) is 11.3 Å². The summed E-state index contributed by atoms with van der Waals surface area (Å²) in [5.74, 6) is 0.581. The smallest absolute Gasteiger partial charge is 0.151 e. The van der Waals surface area contributed by atoms with Crippen molar-refractivity contribution in [3.8, 4) is 17.3 Å². The zero-order valence-corrected chi connectivity index (χ0v) is 18.4. The monoisotopic (exact) mass is 446 g/mol. The Bertz CT molecular complexity index is 1140. The van der Waals surface area contributed by atoms with Crippen molar-refractivity contribution in [3.05, 3.63) is 76.7 Å². The lowest BCUT2D eigenvalue weighted by molar-refractivity contribution is -0.117. The molecule has 1 aromatic heterocycles. The predicted octanol–water partition coefficient (Wildman–Crippen LogP) is 4.25. The Morgan fingerprint density at radius 3 is 2.62 bits per heavy atom. The van der Waals surface area contributed by atoms with Crippen LogP contribution >= 0.6 is 11.6 Å². The molecule has 1 fully saturated rings. The van der Waals surface area contributed by atoms with Crippen LogP contribution in [0.4, 0.5) is 5.69 Å². The van der Waals surface area contributed by atoms with Gasteiger partial charge in [0.25, 0.3) is 0 Å². The van der Waals surface area contributed by atoms with Gasteiger partial charge in [0, 0.05) is 48.4 Å². The predicted molar refractivity (Wildman–Crippen MR) is 124 cm³/mol. The number of carbonyl (C=O) groups excluding carboxylic acids is 1. The molecule has 1 aliphatic rings. The van der Waals surface area contributed by atoms with Gasteiger partial charge in [-0.05, 0) is 35.4 Å². The van der Waals surface area contributed by atoms with Crippen molar-refractivity contribution in [3.63, 3.8) is 0 Å². The molecule has 2 heterocycles. The van der Waals surface area contributed by atoms with Crippen molar-refractivity contribution in [1.29, 1.82) is 5.26 Å². The Balaban J connectivity index is 1.46. The molecule has 1 saturated heterocycles. The minimum atomic E-state index is -0.147. The lowest BCUT2D eigenvalue weighted by atomic mass is 10.0. The van der Waals surface area contributed by atoms with Crippen LogP contribution < -0.4 is 4.90 Å². The second-order valence-electron chi connectivity index (χ2n) is 7.66. The number of anilines is 1. The number of hydrogen-bond acceptors (Lipinski definition) is 6. The van der Waals surface area contributed by atoms with Gasteiger partial charge in [-0.1, -0.05) is 35.9 Å². The quantitative estimate of drug-likeness (QED) is 0.539.